The van der Waals surface area contributed by atoms with Gasteiger partial charge in [-0.1, -0.05) is 22.0 Å². The molecule has 1 aromatic rings. The second kappa shape index (κ2) is 7.12. The largest absolute Gasteiger partial charge is 0.462 e. The molecule has 128 valence electrons. The van der Waals surface area contributed by atoms with Crippen molar-refractivity contribution in [1.29, 1.82) is 0 Å². The molecule has 1 atom stereocenters. The molecule has 0 aromatic heterocycles. The van der Waals surface area contributed by atoms with Gasteiger partial charge in [0.2, 0.25) is 6.79 Å². The van der Waals surface area contributed by atoms with Crippen LogP contribution in [0.15, 0.2) is 29.5 Å². The number of hydrogen-bond donors (Lipinski definition) is 2. The molecule has 8 heteroatoms. The molecule has 0 unspecified atom stereocenters. The summed E-state index contributed by atoms with van der Waals surface area (Å²) in [7, 11) is 0. The Morgan fingerprint density at radius 2 is 2.17 bits per heavy atom. The number of rotatable bonds is 5. The Morgan fingerprint density at radius 1 is 1.38 bits per heavy atom. The highest BCUT2D eigenvalue weighted by atomic mass is 79.9. The first-order valence-electron chi connectivity index (χ1n) is 7.51. The maximum absolute atomic E-state index is 12.5. The van der Waals surface area contributed by atoms with E-state index in [4.69, 9.17) is 14.2 Å². The van der Waals surface area contributed by atoms with Crippen LogP contribution in [0.4, 0.5) is 4.79 Å². The van der Waals surface area contributed by atoms with Crippen LogP contribution in [0.25, 0.3) is 0 Å². The third kappa shape index (κ3) is 3.33. The number of fused-ring (bicyclic) bond motifs is 1. The Bertz CT molecular complexity index is 704. The van der Waals surface area contributed by atoms with Crippen LogP contribution >= 0.6 is 15.9 Å². The molecule has 7 nitrogen and oxygen atoms in total. The molecule has 0 aliphatic carbocycles. The van der Waals surface area contributed by atoms with E-state index in [2.05, 4.69) is 26.6 Å². The van der Waals surface area contributed by atoms with Crippen LogP contribution in [-0.2, 0) is 9.53 Å². The van der Waals surface area contributed by atoms with Crippen molar-refractivity contribution in [3.63, 3.8) is 0 Å². The molecule has 0 fully saturated rings. The zero-order valence-electron chi connectivity index (χ0n) is 13.1. The summed E-state index contributed by atoms with van der Waals surface area (Å²) in [5.74, 6) is 0.773. The number of esters is 1. The topological polar surface area (TPSA) is 85.9 Å². The zero-order valence-corrected chi connectivity index (χ0v) is 14.6. The SMILES string of the molecule is CC1=C(C(=O)OCCCBr)[C@H](c2ccc3c(c2)OCO3)NC(=O)N1. The molecule has 3 rings (SSSR count). The number of nitrogens with one attached hydrogen (secondary N) is 2. The predicted molar refractivity (Wildman–Crippen MR) is 89.0 cm³/mol. The average Bonchev–Trinajstić information content (AvgIpc) is 3.01. The second-order valence-electron chi connectivity index (χ2n) is 5.36. The second-order valence-corrected chi connectivity index (χ2v) is 6.15. The van der Waals surface area contributed by atoms with Gasteiger partial charge in [-0.05, 0) is 31.0 Å². The van der Waals surface area contributed by atoms with Gasteiger partial charge in [0.25, 0.3) is 0 Å². The molecule has 1 aromatic carbocycles. The highest BCUT2D eigenvalue weighted by molar-refractivity contribution is 9.09. The number of halogens is 1. The van der Waals surface area contributed by atoms with Gasteiger partial charge in [-0.15, -0.1) is 0 Å². The van der Waals surface area contributed by atoms with Gasteiger partial charge in [-0.2, -0.15) is 0 Å². The Hall–Kier alpha value is -2.22. The van der Waals surface area contributed by atoms with Gasteiger partial charge >= 0.3 is 12.0 Å². The standard InChI is InChI=1S/C16H17BrN2O5/c1-9-13(15(20)22-6-2-5-17)14(19-16(21)18-9)10-3-4-11-12(7-10)24-8-23-11/h3-4,7,14H,2,5-6,8H2,1H3,(H2,18,19,21)/t14-/m0/s1. The summed E-state index contributed by atoms with van der Waals surface area (Å²) in [6, 6.07) is 4.34. The molecule has 0 saturated heterocycles. The molecule has 2 heterocycles. The minimum Gasteiger partial charge on any atom is -0.462 e. The molecule has 2 aliphatic rings. The normalized spacial score (nSPS) is 18.9. The fourth-order valence-electron chi connectivity index (χ4n) is 2.60. The van der Waals surface area contributed by atoms with Crippen molar-refractivity contribution < 1.29 is 23.8 Å². The van der Waals surface area contributed by atoms with Crippen LogP contribution in [-0.4, -0.2) is 30.7 Å². The van der Waals surface area contributed by atoms with E-state index in [1.165, 1.54) is 0 Å². The minimum absolute atomic E-state index is 0.160. The molecular weight excluding hydrogens is 380 g/mol. The summed E-state index contributed by atoms with van der Waals surface area (Å²) >= 11 is 3.29. The number of hydrogen-bond acceptors (Lipinski definition) is 5. The van der Waals surface area contributed by atoms with E-state index < -0.39 is 12.0 Å². The molecule has 0 radical (unpaired) electrons. The first-order chi connectivity index (χ1) is 11.6. The van der Waals surface area contributed by atoms with Crippen LogP contribution in [0, 0.1) is 0 Å². The molecule has 0 bridgehead atoms. The summed E-state index contributed by atoms with van der Waals surface area (Å²) < 4.78 is 16.0. The molecule has 2 N–H and O–H groups in total. The van der Waals surface area contributed by atoms with Gasteiger partial charge in [0, 0.05) is 11.0 Å². The monoisotopic (exact) mass is 396 g/mol. The summed E-state index contributed by atoms with van der Waals surface area (Å²) in [5, 5.41) is 6.13. The number of ether oxygens (including phenoxy) is 3. The van der Waals surface area contributed by atoms with Crippen molar-refractivity contribution in [2.45, 2.75) is 19.4 Å². The summed E-state index contributed by atoms with van der Waals surface area (Å²) in [6.07, 6.45) is 0.715. The van der Waals surface area contributed by atoms with Crippen molar-refractivity contribution in [2.24, 2.45) is 0 Å². The Balaban J connectivity index is 1.89. The number of carbonyl (C=O) groups is 2. The van der Waals surface area contributed by atoms with E-state index in [0.717, 1.165) is 10.9 Å². The lowest BCUT2D eigenvalue weighted by molar-refractivity contribution is -0.139. The molecule has 0 spiro atoms. The number of urea groups is 1. The van der Waals surface area contributed by atoms with Crippen molar-refractivity contribution in [3.05, 3.63) is 35.0 Å². The molecule has 0 saturated carbocycles. The number of alkyl halides is 1. The maximum Gasteiger partial charge on any atom is 0.338 e. The molecule has 2 amide bonds. The van der Waals surface area contributed by atoms with Gasteiger partial charge in [0.05, 0.1) is 18.2 Å². The van der Waals surface area contributed by atoms with Crippen molar-refractivity contribution in [2.75, 3.05) is 18.7 Å². The minimum atomic E-state index is -0.607. The van der Waals surface area contributed by atoms with Crippen molar-refractivity contribution >= 4 is 27.9 Å². The van der Waals surface area contributed by atoms with Crippen molar-refractivity contribution in [1.82, 2.24) is 10.6 Å². The van der Waals surface area contributed by atoms with E-state index in [9.17, 15) is 9.59 Å². The Kier molecular flexibility index (Phi) is 4.94. The molecule has 24 heavy (non-hydrogen) atoms. The Morgan fingerprint density at radius 3 is 2.96 bits per heavy atom. The number of allylic oxidation sites excluding steroid dienone is 1. The van der Waals surface area contributed by atoms with Crippen LogP contribution < -0.4 is 20.1 Å². The highest BCUT2D eigenvalue weighted by Gasteiger charge is 2.33. The number of amides is 2. The van der Waals surface area contributed by atoms with Gasteiger partial charge in [-0.25, -0.2) is 9.59 Å². The smallest absolute Gasteiger partial charge is 0.338 e. The summed E-state index contributed by atoms with van der Waals surface area (Å²) in [5.41, 5.74) is 1.58. The molecule has 2 aliphatic heterocycles. The predicted octanol–water partition coefficient (Wildman–Crippen LogP) is 2.37. The quantitative estimate of drug-likeness (QED) is 0.453. The fourth-order valence-corrected chi connectivity index (χ4v) is 2.83. The van der Waals surface area contributed by atoms with Gasteiger partial charge < -0.3 is 24.8 Å². The van der Waals surface area contributed by atoms with Crippen molar-refractivity contribution in [3.8, 4) is 11.5 Å². The Labute approximate surface area is 147 Å². The lowest BCUT2D eigenvalue weighted by Gasteiger charge is -2.28. The van der Waals surface area contributed by atoms with E-state index in [-0.39, 0.29) is 12.8 Å². The van der Waals surface area contributed by atoms with E-state index >= 15 is 0 Å². The third-order valence-electron chi connectivity index (χ3n) is 3.73. The summed E-state index contributed by atoms with van der Waals surface area (Å²) in [4.78, 5) is 24.3. The van der Waals surface area contributed by atoms with Gasteiger partial charge in [0.1, 0.15) is 0 Å². The third-order valence-corrected chi connectivity index (χ3v) is 4.29. The van der Waals surface area contributed by atoms with Gasteiger partial charge in [-0.3, -0.25) is 0 Å². The van der Waals surface area contributed by atoms with Gasteiger partial charge in [0.15, 0.2) is 11.5 Å². The van der Waals surface area contributed by atoms with E-state index in [1.807, 2.05) is 0 Å². The zero-order chi connectivity index (χ0) is 17.1. The number of benzene rings is 1. The fraction of sp³-hybridized carbons (Fsp3) is 0.375. The molecular formula is C16H17BrN2O5. The van der Waals surface area contributed by atoms with E-state index in [0.29, 0.717) is 35.8 Å². The highest BCUT2D eigenvalue weighted by Crippen LogP contribution is 2.37. The summed E-state index contributed by atoms with van der Waals surface area (Å²) in [6.45, 7) is 2.15. The lowest BCUT2D eigenvalue weighted by Crippen LogP contribution is -2.45. The lowest BCUT2D eigenvalue weighted by atomic mass is 9.95. The maximum atomic E-state index is 12.5. The first kappa shape index (κ1) is 16.6. The van der Waals surface area contributed by atoms with Crippen LogP contribution in [0.1, 0.15) is 24.9 Å². The van der Waals surface area contributed by atoms with E-state index in [1.54, 1.807) is 25.1 Å². The van der Waals surface area contributed by atoms with Crippen LogP contribution in [0.5, 0.6) is 11.5 Å². The average molecular weight is 397 g/mol. The van der Waals surface area contributed by atoms with Crippen LogP contribution in [0.2, 0.25) is 0 Å². The first-order valence-corrected chi connectivity index (χ1v) is 8.63. The number of carbonyl (C=O) groups excluding carboxylic acids is 2. The van der Waals surface area contributed by atoms with Crippen LogP contribution in [0.3, 0.4) is 0 Å².